The van der Waals surface area contributed by atoms with Crippen LogP contribution in [-0.4, -0.2) is 37.8 Å². The van der Waals surface area contributed by atoms with Crippen molar-refractivity contribution in [3.63, 3.8) is 0 Å². The van der Waals surface area contributed by atoms with Crippen LogP contribution in [0.2, 0.25) is 0 Å². The molecule has 1 aromatic heterocycles. The fourth-order valence-corrected chi connectivity index (χ4v) is 2.50. The van der Waals surface area contributed by atoms with Gasteiger partial charge in [-0.2, -0.15) is 0 Å². The molecule has 2 rings (SSSR count). The minimum atomic E-state index is -0.777. The van der Waals surface area contributed by atoms with Crippen LogP contribution >= 0.6 is 23.7 Å². The third kappa shape index (κ3) is 4.87. The Morgan fingerprint density at radius 3 is 2.87 bits per heavy atom. The Balaban J connectivity index is 0.00000264. The highest BCUT2D eigenvalue weighted by atomic mass is 35.5. The van der Waals surface area contributed by atoms with Crippen LogP contribution < -0.4 is 15.8 Å². The summed E-state index contributed by atoms with van der Waals surface area (Å²) in [6.07, 6.45) is 0. The molecule has 2 aromatic rings. The van der Waals surface area contributed by atoms with E-state index in [-0.39, 0.29) is 19.0 Å². The molecule has 1 unspecified atom stereocenters. The predicted molar refractivity (Wildman–Crippen MR) is 89.8 cm³/mol. The lowest BCUT2D eigenvalue weighted by atomic mass is 10.1. The number of ether oxygens (including phenoxy) is 2. The van der Waals surface area contributed by atoms with Crippen molar-refractivity contribution in [2.24, 2.45) is 5.73 Å². The van der Waals surface area contributed by atoms with Crippen molar-refractivity contribution in [1.29, 1.82) is 0 Å². The number of rotatable bonds is 6. The van der Waals surface area contributed by atoms with Crippen molar-refractivity contribution in [3.8, 4) is 17.0 Å². The summed E-state index contributed by atoms with van der Waals surface area (Å²) in [5.74, 6) is -0.286. The first kappa shape index (κ1) is 19.3. The van der Waals surface area contributed by atoms with Crippen molar-refractivity contribution in [2.75, 3.05) is 26.1 Å². The molecule has 0 saturated carbocycles. The lowest BCUT2D eigenvalue weighted by molar-refractivity contribution is -0.118. The van der Waals surface area contributed by atoms with Gasteiger partial charge in [0.25, 0.3) is 0 Å². The molecule has 0 aliphatic carbocycles. The molecule has 6 nitrogen and oxygen atoms in total. The first-order valence-corrected chi connectivity index (χ1v) is 7.28. The molecule has 9 heteroatoms. The zero-order chi connectivity index (χ0) is 16.1. The largest absolute Gasteiger partial charge is 0.496 e. The van der Waals surface area contributed by atoms with Crippen LogP contribution in [0.3, 0.4) is 0 Å². The molecule has 1 heterocycles. The standard InChI is InChI=1S/C14H16FN3O3S.ClH/c1-20-6-10(16)13(19)18-14-17-11(7-22-14)9-5-8(15)3-4-12(9)21-2;/h3-5,7,10H,6,16H2,1-2H3,(H,17,18,19);1H. The second-order valence-corrected chi connectivity index (χ2v) is 5.29. The van der Waals surface area contributed by atoms with E-state index in [0.717, 1.165) is 0 Å². The van der Waals surface area contributed by atoms with Gasteiger partial charge in [-0.1, -0.05) is 0 Å². The number of nitrogens with zero attached hydrogens (tertiary/aromatic N) is 1. The van der Waals surface area contributed by atoms with Gasteiger partial charge in [0.2, 0.25) is 5.91 Å². The predicted octanol–water partition coefficient (Wildman–Crippen LogP) is 2.29. The van der Waals surface area contributed by atoms with E-state index in [1.807, 2.05) is 0 Å². The lowest BCUT2D eigenvalue weighted by Gasteiger charge is -2.09. The Bertz CT molecular complexity index is 668. The number of halogens is 2. The summed E-state index contributed by atoms with van der Waals surface area (Å²) in [7, 11) is 2.96. The number of benzene rings is 1. The number of amides is 1. The molecule has 0 saturated heterocycles. The summed E-state index contributed by atoms with van der Waals surface area (Å²) < 4.78 is 23.4. The smallest absolute Gasteiger partial charge is 0.245 e. The molecule has 0 radical (unpaired) electrons. The maximum absolute atomic E-state index is 13.4. The van der Waals surface area contributed by atoms with Crippen molar-refractivity contribution in [3.05, 3.63) is 29.4 Å². The van der Waals surface area contributed by atoms with E-state index in [0.29, 0.717) is 22.1 Å². The van der Waals surface area contributed by atoms with Gasteiger partial charge in [-0.05, 0) is 18.2 Å². The van der Waals surface area contributed by atoms with Gasteiger partial charge in [-0.3, -0.25) is 4.79 Å². The van der Waals surface area contributed by atoms with E-state index < -0.39 is 17.8 Å². The van der Waals surface area contributed by atoms with Crippen molar-refractivity contribution in [1.82, 2.24) is 4.98 Å². The van der Waals surface area contributed by atoms with E-state index in [2.05, 4.69) is 10.3 Å². The molecule has 0 aliphatic rings. The molecule has 126 valence electrons. The molecule has 1 atom stereocenters. The van der Waals surface area contributed by atoms with Crippen LogP contribution in [0.4, 0.5) is 9.52 Å². The second kappa shape index (κ2) is 8.78. The third-order valence-corrected chi connectivity index (χ3v) is 3.61. The van der Waals surface area contributed by atoms with Crippen LogP contribution in [0.5, 0.6) is 5.75 Å². The van der Waals surface area contributed by atoms with Gasteiger partial charge in [0, 0.05) is 18.1 Å². The summed E-state index contributed by atoms with van der Waals surface area (Å²) in [4.78, 5) is 16.0. The fraction of sp³-hybridized carbons (Fsp3) is 0.286. The summed E-state index contributed by atoms with van der Waals surface area (Å²) in [5.41, 5.74) is 6.65. The number of carbonyl (C=O) groups is 1. The summed E-state index contributed by atoms with van der Waals surface area (Å²) in [5, 5.41) is 4.67. The van der Waals surface area contributed by atoms with E-state index in [1.54, 1.807) is 5.38 Å². The summed E-state index contributed by atoms with van der Waals surface area (Å²) in [6, 6.07) is 3.38. The lowest BCUT2D eigenvalue weighted by Crippen LogP contribution is -2.39. The average Bonchev–Trinajstić information content (AvgIpc) is 2.95. The van der Waals surface area contributed by atoms with E-state index in [1.165, 1.54) is 43.8 Å². The van der Waals surface area contributed by atoms with Crippen LogP contribution in [0.1, 0.15) is 0 Å². The van der Waals surface area contributed by atoms with Gasteiger partial charge in [-0.25, -0.2) is 9.37 Å². The van der Waals surface area contributed by atoms with E-state index in [4.69, 9.17) is 15.2 Å². The van der Waals surface area contributed by atoms with Crippen LogP contribution in [0.15, 0.2) is 23.6 Å². The minimum absolute atomic E-state index is 0. The maximum Gasteiger partial charge on any atom is 0.245 e. The highest BCUT2D eigenvalue weighted by Gasteiger charge is 2.16. The number of methoxy groups -OCH3 is 2. The molecule has 1 amide bonds. The molecule has 1 aromatic carbocycles. The topological polar surface area (TPSA) is 86.5 Å². The number of hydrogen-bond donors (Lipinski definition) is 2. The van der Waals surface area contributed by atoms with E-state index in [9.17, 15) is 9.18 Å². The van der Waals surface area contributed by atoms with Gasteiger partial charge < -0.3 is 20.5 Å². The third-order valence-electron chi connectivity index (χ3n) is 2.85. The number of nitrogens with two attached hydrogens (primary N) is 1. The van der Waals surface area contributed by atoms with Gasteiger partial charge in [-0.15, -0.1) is 23.7 Å². The van der Waals surface area contributed by atoms with Crippen molar-refractivity contribution in [2.45, 2.75) is 6.04 Å². The number of hydrogen-bond acceptors (Lipinski definition) is 6. The Morgan fingerprint density at radius 2 is 2.22 bits per heavy atom. The first-order valence-electron chi connectivity index (χ1n) is 6.40. The van der Waals surface area contributed by atoms with Gasteiger partial charge in [0.15, 0.2) is 5.13 Å². The molecule has 0 aliphatic heterocycles. The van der Waals surface area contributed by atoms with Crippen molar-refractivity contribution < 1.29 is 18.7 Å². The Kier molecular flexibility index (Phi) is 7.37. The SMILES string of the molecule is COCC(N)C(=O)Nc1nc(-c2cc(F)ccc2OC)cs1.Cl. The highest BCUT2D eigenvalue weighted by Crippen LogP contribution is 2.32. The molecule has 0 bridgehead atoms. The monoisotopic (exact) mass is 361 g/mol. The molecule has 0 spiro atoms. The molecule has 0 fully saturated rings. The molecule has 23 heavy (non-hydrogen) atoms. The molecule has 3 N–H and O–H groups in total. The van der Waals surface area contributed by atoms with Crippen LogP contribution in [0.25, 0.3) is 11.3 Å². The molecular formula is C14H17ClFN3O3S. The minimum Gasteiger partial charge on any atom is -0.496 e. The van der Waals surface area contributed by atoms with Gasteiger partial charge >= 0.3 is 0 Å². The number of carbonyl (C=O) groups excluding carboxylic acids is 1. The Morgan fingerprint density at radius 1 is 1.48 bits per heavy atom. The summed E-state index contributed by atoms with van der Waals surface area (Å²) >= 11 is 1.22. The quantitative estimate of drug-likeness (QED) is 0.824. The number of aromatic nitrogens is 1. The van der Waals surface area contributed by atoms with E-state index >= 15 is 0 Å². The zero-order valence-corrected chi connectivity index (χ0v) is 14.2. The fourth-order valence-electron chi connectivity index (χ4n) is 1.79. The van der Waals surface area contributed by atoms with Crippen LogP contribution in [-0.2, 0) is 9.53 Å². The zero-order valence-electron chi connectivity index (χ0n) is 12.5. The first-order chi connectivity index (χ1) is 10.5. The van der Waals surface area contributed by atoms with Crippen molar-refractivity contribution >= 4 is 34.8 Å². The summed E-state index contributed by atoms with van der Waals surface area (Å²) in [6.45, 7) is 0.113. The van der Waals surface area contributed by atoms with Crippen LogP contribution in [0, 0.1) is 5.82 Å². The molecular weight excluding hydrogens is 345 g/mol. The average molecular weight is 362 g/mol. The normalized spacial score (nSPS) is 11.5. The highest BCUT2D eigenvalue weighted by molar-refractivity contribution is 7.14. The second-order valence-electron chi connectivity index (χ2n) is 4.43. The Hall–Kier alpha value is -1.74. The number of anilines is 1. The number of thiazole rings is 1. The maximum atomic E-state index is 13.4. The Labute approximate surface area is 143 Å². The van der Waals surface area contributed by atoms with Gasteiger partial charge in [0.1, 0.15) is 17.6 Å². The van der Waals surface area contributed by atoms with Gasteiger partial charge in [0.05, 0.1) is 19.4 Å². The number of nitrogens with one attached hydrogen (secondary N) is 1.